The van der Waals surface area contributed by atoms with E-state index in [0.29, 0.717) is 5.75 Å². The molecule has 1 heterocycles. The van der Waals surface area contributed by atoms with Crippen molar-refractivity contribution in [3.8, 4) is 5.75 Å². The average Bonchev–Trinajstić information content (AvgIpc) is 2.58. The Balaban J connectivity index is 2.13. The van der Waals surface area contributed by atoms with Crippen molar-refractivity contribution in [3.63, 3.8) is 0 Å². The van der Waals surface area contributed by atoms with Crippen LogP contribution < -0.4 is 4.74 Å². The van der Waals surface area contributed by atoms with Crippen molar-refractivity contribution in [2.24, 2.45) is 5.92 Å². The third-order valence-corrected chi connectivity index (χ3v) is 11.5. The summed E-state index contributed by atoms with van der Waals surface area (Å²) < 4.78 is 12.3. The summed E-state index contributed by atoms with van der Waals surface area (Å²) in [5.41, 5.74) is 0. The Morgan fingerprint density at radius 2 is 1.90 bits per heavy atom. The maximum Gasteiger partial charge on any atom is 0.323 e. The lowest BCUT2D eigenvalue weighted by molar-refractivity contribution is -0.162. The van der Waals surface area contributed by atoms with Crippen LogP contribution in [0, 0.1) is 5.92 Å². The van der Waals surface area contributed by atoms with Crippen LogP contribution in [0.15, 0.2) is 30.3 Å². The van der Waals surface area contributed by atoms with Gasteiger partial charge in [-0.3, -0.25) is 9.59 Å². The van der Waals surface area contributed by atoms with E-state index in [0.717, 1.165) is 0 Å². The molecule has 1 fully saturated rings. The van der Waals surface area contributed by atoms with Crippen LogP contribution in [0.3, 0.4) is 0 Å². The zero-order valence-corrected chi connectivity index (χ0v) is 20.3. The molecular weight excluding hydrogens is 426 g/mol. The lowest BCUT2D eigenvalue weighted by Crippen LogP contribution is -2.65. The van der Waals surface area contributed by atoms with Crippen LogP contribution in [0.1, 0.15) is 27.7 Å². The molecule has 3 atom stereocenters. The molecule has 29 heavy (non-hydrogen) atoms. The van der Waals surface area contributed by atoms with E-state index in [-0.39, 0.29) is 28.0 Å². The number of carboxylic acids is 1. The van der Waals surface area contributed by atoms with Gasteiger partial charge < -0.3 is 19.2 Å². The SMILES string of the molecule is C[C@@H](O[Si](C)(C)C(C)(C)C)C1C(=O)N(CC(=O)O)C1SC(=S)Oc1ccccc1. The molecule has 1 aromatic carbocycles. The summed E-state index contributed by atoms with van der Waals surface area (Å²) in [7, 11) is -2.09. The van der Waals surface area contributed by atoms with Crippen molar-refractivity contribution in [2.45, 2.75) is 57.3 Å². The van der Waals surface area contributed by atoms with Gasteiger partial charge in [0.2, 0.25) is 10.3 Å². The molecule has 0 bridgehead atoms. The number of amides is 1. The number of carboxylic acid groups (broad SMARTS) is 1. The lowest BCUT2D eigenvalue weighted by atomic mass is 9.93. The molecule has 9 heteroatoms. The van der Waals surface area contributed by atoms with Crippen molar-refractivity contribution in [3.05, 3.63) is 30.3 Å². The van der Waals surface area contributed by atoms with E-state index in [2.05, 4.69) is 33.9 Å². The normalized spacial score (nSPS) is 20.8. The largest absolute Gasteiger partial charge is 0.480 e. The monoisotopic (exact) mass is 455 g/mol. The minimum absolute atomic E-state index is 0.00314. The number of carbonyl (C=O) groups is 2. The molecule has 1 N–H and O–H groups in total. The highest BCUT2D eigenvalue weighted by Gasteiger charge is 2.53. The fourth-order valence-corrected chi connectivity index (χ4v) is 5.81. The number of thioether (sulfide) groups is 1. The summed E-state index contributed by atoms with van der Waals surface area (Å²) in [5, 5.41) is 8.75. The standard InChI is InChI=1S/C20H29NO5S2Si/c1-13(26-29(5,6)20(2,3)4)16-17(24)21(12-15(22)23)18(16)28-19(27)25-14-10-8-7-9-11-14/h7-11,13,16,18H,12H2,1-6H3,(H,22,23)/t13-,16?,18?/m1/s1. The molecule has 0 saturated carbocycles. The first-order valence-electron chi connectivity index (χ1n) is 9.47. The number of carbonyl (C=O) groups excluding carboxylic acids is 1. The number of hydrogen-bond donors (Lipinski definition) is 1. The van der Waals surface area contributed by atoms with Gasteiger partial charge in [0.1, 0.15) is 17.7 Å². The van der Waals surface area contributed by atoms with E-state index in [4.69, 9.17) is 21.4 Å². The highest BCUT2D eigenvalue weighted by Crippen LogP contribution is 2.43. The fraction of sp³-hybridized carbons (Fsp3) is 0.550. The number of thiocarbonyl (C=S) groups is 1. The molecule has 2 rings (SSSR count). The Bertz CT molecular complexity index is 766. The van der Waals surface area contributed by atoms with Crippen molar-refractivity contribution in [2.75, 3.05) is 6.54 Å². The van der Waals surface area contributed by atoms with Crippen LogP contribution in [-0.2, 0) is 14.0 Å². The fourth-order valence-electron chi connectivity index (χ4n) is 2.86. The van der Waals surface area contributed by atoms with Crippen LogP contribution in [0.4, 0.5) is 0 Å². The number of β-lactam (4-membered cyclic amide) rings is 1. The highest BCUT2D eigenvalue weighted by molar-refractivity contribution is 8.23. The lowest BCUT2D eigenvalue weighted by Gasteiger charge is -2.50. The summed E-state index contributed by atoms with van der Waals surface area (Å²) in [6.45, 7) is 12.2. The van der Waals surface area contributed by atoms with Gasteiger partial charge in [-0.15, -0.1) is 0 Å². The van der Waals surface area contributed by atoms with Gasteiger partial charge in [-0.1, -0.05) is 50.7 Å². The molecule has 1 amide bonds. The second kappa shape index (κ2) is 9.16. The first-order chi connectivity index (χ1) is 13.3. The quantitative estimate of drug-likeness (QED) is 0.372. The Labute approximate surface area is 183 Å². The van der Waals surface area contributed by atoms with Crippen molar-refractivity contribution >= 4 is 48.6 Å². The molecule has 160 valence electrons. The highest BCUT2D eigenvalue weighted by atomic mass is 32.2. The molecule has 2 unspecified atom stereocenters. The topological polar surface area (TPSA) is 76.1 Å². The molecule has 0 radical (unpaired) electrons. The van der Waals surface area contributed by atoms with Gasteiger partial charge in [0.25, 0.3) is 0 Å². The first kappa shape index (κ1) is 23.9. The summed E-state index contributed by atoms with van der Waals surface area (Å²) in [6, 6.07) is 9.12. The predicted octanol–water partition coefficient (Wildman–Crippen LogP) is 4.36. The van der Waals surface area contributed by atoms with E-state index >= 15 is 0 Å². The molecule has 1 saturated heterocycles. The Hall–Kier alpha value is -1.42. The van der Waals surface area contributed by atoms with Crippen LogP contribution in [0.2, 0.25) is 18.1 Å². The number of nitrogens with zero attached hydrogens (tertiary/aromatic N) is 1. The van der Waals surface area contributed by atoms with E-state index in [1.54, 1.807) is 12.1 Å². The van der Waals surface area contributed by atoms with E-state index < -0.39 is 25.6 Å². The summed E-state index contributed by atoms with van der Waals surface area (Å²) >= 11 is 6.54. The smallest absolute Gasteiger partial charge is 0.323 e. The first-order valence-corrected chi connectivity index (χ1v) is 13.7. The summed E-state index contributed by atoms with van der Waals surface area (Å²) in [5.74, 6) is -1.15. The number of ether oxygens (including phenoxy) is 1. The molecular formula is C20H29NO5S2Si. The minimum Gasteiger partial charge on any atom is -0.480 e. The van der Waals surface area contributed by atoms with Crippen molar-refractivity contribution in [1.82, 2.24) is 4.90 Å². The number of para-hydroxylation sites is 1. The van der Waals surface area contributed by atoms with Crippen molar-refractivity contribution < 1.29 is 23.9 Å². The summed E-state index contributed by atoms with van der Waals surface area (Å²) in [4.78, 5) is 25.3. The van der Waals surface area contributed by atoms with E-state index in [1.165, 1.54) is 16.7 Å². The Morgan fingerprint density at radius 3 is 2.41 bits per heavy atom. The molecule has 1 aliphatic rings. The van der Waals surface area contributed by atoms with Gasteiger partial charge >= 0.3 is 5.97 Å². The van der Waals surface area contributed by atoms with Crippen LogP contribution in [0.5, 0.6) is 5.75 Å². The van der Waals surface area contributed by atoms with Gasteiger partial charge in [0.15, 0.2) is 8.32 Å². The molecule has 0 spiro atoms. The number of rotatable bonds is 7. The maximum atomic E-state index is 12.7. The Morgan fingerprint density at radius 1 is 1.31 bits per heavy atom. The number of hydrogen-bond acceptors (Lipinski definition) is 6. The Kier molecular flexibility index (Phi) is 7.53. The second-order valence-electron chi connectivity index (χ2n) is 8.64. The molecule has 1 aromatic rings. The summed E-state index contributed by atoms with van der Waals surface area (Å²) in [6.07, 6.45) is -0.342. The molecule has 0 aliphatic carbocycles. The van der Waals surface area contributed by atoms with Gasteiger partial charge in [0, 0.05) is 0 Å². The zero-order chi connectivity index (χ0) is 22.0. The second-order valence-corrected chi connectivity index (χ2v) is 15.1. The van der Waals surface area contributed by atoms with E-state index in [1.807, 2.05) is 25.1 Å². The number of likely N-dealkylation sites (tertiary alicyclic amines) is 1. The van der Waals surface area contributed by atoms with Gasteiger partial charge in [-0.2, -0.15) is 0 Å². The molecule has 6 nitrogen and oxygen atoms in total. The van der Waals surface area contributed by atoms with Gasteiger partial charge in [-0.25, -0.2) is 0 Å². The van der Waals surface area contributed by atoms with Gasteiger partial charge in [-0.05, 0) is 49.4 Å². The number of aliphatic carboxylic acids is 1. The third kappa shape index (κ3) is 5.81. The maximum absolute atomic E-state index is 12.7. The molecule has 1 aliphatic heterocycles. The third-order valence-electron chi connectivity index (χ3n) is 5.44. The average molecular weight is 456 g/mol. The number of benzene rings is 1. The minimum atomic E-state index is -2.09. The zero-order valence-electron chi connectivity index (χ0n) is 17.7. The predicted molar refractivity (Wildman–Crippen MR) is 122 cm³/mol. The van der Waals surface area contributed by atoms with Crippen LogP contribution in [0.25, 0.3) is 0 Å². The van der Waals surface area contributed by atoms with Crippen molar-refractivity contribution in [1.29, 1.82) is 0 Å². The molecule has 0 aromatic heterocycles. The van der Waals surface area contributed by atoms with Crippen LogP contribution in [-0.4, -0.2) is 52.6 Å². The van der Waals surface area contributed by atoms with E-state index in [9.17, 15) is 14.7 Å². The van der Waals surface area contributed by atoms with Gasteiger partial charge in [0.05, 0.1) is 12.0 Å². The van der Waals surface area contributed by atoms with Crippen LogP contribution >= 0.6 is 24.0 Å².